The first-order valence-electron chi connectivity index (χ1n) is 9.42. The van der Waals surface area contributed by atoms with Crippen LogP contribution in [-0.4, -0.2) is 45.8 Å². The zero-order valence-electron chi connectivity index (χ0n) is 16.2. The fraction of sp³-hybridized carbons (Fsp3) is 0.400. The highest BCUT2D eigenvalue weighted by Crippen LogP contribution is 2.30. The van der Waals surface area contributed by atoms with E-state index in [2.05, 4.69) is 9.97 Å². The largest absolute Gasteiger partial charge is 0.433 e. The molecule has 0 saturated carbocycles. The molecule has 2 aromatic rings. The molecule has 1 saturated heterocycles. The summed E-state index contributed by atoms with van der Waals surface area (Å²) in [5.41, 5.74) is -0.250. The maximum absolute atomic E-state index is 12.9. The number of rotatable bonds is 7. The Kier molecular flexibility index (Phi) is 6.60. The van der Waals surface area contributed by atoms with E-state index in [-0.39, 0.29) is 37.0 Å². The lowest BCUT2D eigenvalue weighted by atomic mass is 10.1. The van der Waals surface area contributed by atoms with Gasteiger partial charge in [0.05, 0.1) is 30.9 Å². The van der Waals surface area contributed by atoms with Crippen molar-refractivity contribution in [2.45, 2.75) is 38.4 Å². The minimum atomic E-state index is -4.55. The number of aromatic nitrogens is 2. The number of hydrogen-bond donors (Lipinski definition) is 0. The molecule has 1 aliphatic heterocycles. The Morgan fingerprint density at radius 1 is 1.27 bits per heavy atom. The van der Waals surface area contributed by atoms with Gasteiger partial charge in [0.2, 0.25) is 0 Å². The van der Waals surface area contributed by atoms with E-state index >= 15 is 0 Å². The molecule has 6 nitrogen and oxygen atoms in total. The molecule has 0 aliphatic carbocycles. The van der Waals surface area contributed by atoms with Crippen molar-refractivity contribution in [1.82, 2.24) is 14.9 Å². The maximum Gasteiger partial charge on any atom is 0.433 e. The summed E-state index contributed by atoms with van der Waals surface area (Å²) >= 11 is 5.91. The predicted molar refractivity (Wildman–Crippen MR) is 105 cm³/mol. The van der Waals surface area contributed by atoms with Gasteiger partial charge in [0.1, 0.15) is 5.69 Å². The lowest BCUT2D eigenvalue weighted by Crippen LogP contribution is -2.39. The summed E-state index contributed by atoms with van der Waals surface area (Å²) < 4.78 is 38.2. The molecule has 2 amide bonds. The van der Waals surface area contributed by atoms with Crippen LogP contribution >= 0.6 is 11.6 Å². The first kappa shape index (κ1) is 22.0. The van der Waals surface area contributed by atoms with Gasteiger partial charge in [-0.25, -0.2) is 9.78 Å². The third-order valence-corrected chi connectivity index (χ3v) is 5.02. The fourth-order valence-electron chi connectivity index (χ4n) is 3.40. The summed E-state index contributed by atoms with van der Waals surface area (Å²) in [5, 5.41) is 0.467. The molecular weight excluding hydrogens is 421 g/mol. The second-order valence-corrected chi connectivity index (χ2v) is 7.48. The quantitative estimate of drug-likeness (QED) is 0.641. The van der Waals surface area contributed by atoms with Crippen LogP contribution in [0.4, 0.5) is 23.7 Å². The molecule has 0 radical (unpaired) electrons. The van der Waals surface area contributed by atoms with Crippen molar-refractivity contribution in [2.24, 2.45) is 0 Å². The number of hydrogen-bond acceptors (Lipinski definition) is 4. The van der Waals surface area contributed by atoms with Crippen LogP contribution in [-0.2, 0) is 17.4 Å². The Hall–Kier alpha value is -2.68. The number of urea groups is 1. The van der Waals surface area contributed by atoms with Crippen molar-refractivity contribution in [1.29, 1.82) is 0 Å². The monoisotopic (exact) mass is 440 g/mol. The number of halogens is 4. The van der Waals surface area contributed by atoms with Crippen molar-refractivity contribution < 1.29 is 22.8 Å². The van der Waals surface area contributed by atoms with Crippen LogP contribution in [0.25, 0.3) is 0 Å². The summed E-state index contributed by atoms with van der Waals surface area (Å²) in [6, 6.07) is 4.61. The average molecular weight is 441 g/mol. The average Bonchev–Trinajstić information content (AvgIpc) is 2.97. The SMILES string of the molecule is CCC[C@H]1CN(c2ccc(C(F)(F)F)nc2)C(=O)N1CC(=O)Cc1cc(Cl)ccn1. The summed E-state index contributed by atoms with van der Waals surface area (Å²) in [6.07, 6.45) is -0.525. The smallest absolute Gasteiger partial charge is 0.312 e. The predicted octanol–water partition coefficient (Wildman–Crippen LogP) is 4.37. The van der Waals surface area contributed by atoms with Gasteiger partial charge < -0.3 is 4.90 Å². The maximum atomic E-state index is 12.9. The molecule has 3 rings (SSSR count). The van der Waals surface area contributed by atoms with Crippen LogP contribution in [0, 0.1) is 0 Å². The lowest BCUT2D eigenvalue weighted by molar-refractivity contribution is -0.141. The highest BCUT2D eigenvalue weighted by molar-refractivity contribution is 6.30. The van der Waals surface area contributed by atoms with Gasteiger partial charge in [-0.3, -0.25) is 14.7 Å². The van der Waals surface area contributed by atoms with Crippen LogP contribution in [0.3, 0.4) is 0 Å². The Morgan fingerprint density at radius 3 is 2.63 bits per heavy atom. The molecule has 160 valence electrons. The highest BCUT2D eigenvalue weighted by Gasteiger charge is 2.39. The molecule has 1 atom stereocenters. The van der Waals surface area contributed by atoms with Crippen LogP contribution in [0.1, 0.15) is 31.2 Å². The summed E-state index contributed by atoms with van der Waals surface area (Å²) in [4.78, 5) is 35.8. The van der Waals surface area contributed by atoms with Crippen molar-refractivity contribution >= 4 is 29.1 Å². The van der Waals surface area contributed by atoms with Gasteiger partial charge in [-0.05, 0) is 30.7 Å². The molecule has 30 heavy (non-hydrogen) atoms. The Balaban J connectivity index is 1.74. The minimum absolute atomic E-state index is 0.0328. The molecule has 3 heterocycles. The molecule has 0 unspecified atom stereocenters. The van der Waals surface area contributed by atoms with Gasteiger partial charge in [0, 0.05) is 23.5 Å². The molecule has 0 bridgehead atoms. The van der Waals surface area contributed by atoms with Gasteiger partial charge in [-0.15, -0.1) is 0 Å². The van der Waals surface area contributed by atoms with Crippen molar-refractivity contribution in [3.8, 4) is 0 Å². The van der Waals surface area contributed by atoms with Crippen LogP contribution in [0.15, 0.2) is 36.7 Å². The molecular formula is C20H20ClF3N4O2. The molecule has 0 spiro atoms. The van der Waals surface area contributed by atoms with E-state index in [4.69, 9.17) is 11.6 Å². The molecule has 2 aromatic heterocycles. The lowest BCUT2D eigenvalue weighted by Gasteiger charge is -2.22. The van der Waals surface area contributed by atoms with Gasteiger partial charge >= 0.3 is 12.2 Å². The third kappa shape index (κ3) is 5.08. The highest BCUT2D eigenvalue weighted by atomic mass is 35.5. The molecule has 0 N–H and O–H groups in total. The molecule has 1 fully saturated rings. The van der Waals surface area contributed by atoms with Crippen molar-refractivity contribution in [3.05, 3.63) is 53.1 Å². The number of nitrogens with zero attached hydrogens (tertiary/aromatic N) is 4. The Labute approximate surface area is 176 Å². The van der Waals surface area contributed by atoms with E-state index in [0.29, 0.717) is 17.1 Å². The van der Waals surface area contributed by atoms with E-state index in [1.165, 1.54) is 22.1 Å². The second-order valence-electron chi connectivity index (χ2n) is 7.04. The van der Waals surface area contributed by atoms with Crippen LogP contribution < -0.4 is 4.90 Å². The number of alkyl halides is 3. The number of ketones is 1. The van der Waals surface area contributed by atoms with Gasteiger partial charge in [0.25, 0.3) is 0 Å². The second kappa shape index (κ2) is 8.99. The Morgan fingerprint density at radius 2 is 2.03 bits per heavy atom. The molecule has 1 aliphatic rings. The fourth-order valence-corrected chi connectivity index (χ4v) is 3.58. The van der Waals surface area contributed by atoms with E-state index in [1.54, 1.807) is 12.1 Å². The first-order chi connectivity index (χ1) is 14.2. The van der Waals surface area contributed by atoms with Gasteiger partial charge in [-0.1, -0.05) is 24.9 Å². The zero-order valence-corrected chi connectivity index (χ0v) is 17.0. The third-order valence-electron chi connectivity index (χ3n) is 4.79. The van der Waals surface area contributed by atoms with E-state index in [1.807, 2.05) is 6.92 Å². The number of amides is 2. The first-order valence-corrected chi connectivity index (χ1v) is 9.80. The van der Waals surface area contributed by atoms with E-state index in [0.717, 1.165) is 18.7 Å². The van der Waals surface area contributed by atoms with E-state index < -0.39 is 17.9 Å². The molecule has 0 aromatic carbocycles. The summed E-state index contributed by atoms with van der Waals surface area (Å²) in [6.45, 7) is 2.13. The molecule has 10 heteroatoms. The Bertz CT molecular complexity index is 921. The number of Topliss-reactive ketones (excluding diaryl/α,β-unsaturated/α-hetero) is 1. The van der Waals surface area contributed by atoms with Crippen LogP contribution in [0.5, 0.6) is 0 Å². The zero-order chi connectivity index (χ0) is 21.9. The van der Waals surface area contributed by atoms with E-state index in [9.17, 15) is 22.8 Å². The summed E-state index contributed by atoms with van der Waals surface area (Å²) in [7, 11) is 0. The number of carbonyl (C=O) groups excluding carboxylic acids is 2. The minimum Gasteiger partial charge on any atom is -0.312 e. The number of pyridine rings is 2. The number of carbonyl (C=O) groups is 2. The van der Waals surface area contributed by atoms with Crippen LogP contribution in [0.2, 0.25) is 5.02 Å². The normalized spacial score (nSPS) is 17.0. The number of anilines is 1. The van der Waals surface area contributed by atoms with Crippen molar-refractivity contribution in [3.63, 3.8) is 0 Å². The van der Waals surface area contributed by atoms with Gasteiger partial charge in [-0.2, -0.15) is 13.2 Å². The topological polar surface area (TPSA) is 66.4 Å². The standard InChI is InChI=1S/C20H20ClF3N4O2/c1-2-3-16-11-27(15-4-5-18(26-10-15)20(22,23)24)19(30)28(16)12-17(29)9-14-8-13(21)6-7-25-14/h4-8,10,16H,2-3,9,11-12H2,1H3/t16-/m0/s1. The van der Waals surface area contributed by atoms with Crippen molar-refractivity contribution in [2.75, 3.05) is 18.0 Å². The summed E-state index contributed by atoms with van der Waals surface area (Å²) in [5.74, 6) is -0.202. The van der Waals surface area contributed by atoms with Gasteiger partial charge in [0.15, 0.2) is 5.78 Å².